The maximum Gasteiger partial charge on any atom is 0.466 e. The molecule has 0 saturated heterocycles. The molecule has 0 fully saturated rings. The molecule has 0 heterocycles. The minimum absolute atomic E-state index is 0.428. The van der Waals surface area contributed by atoms with Gasteiger partial charge in [0.25, 0.3) is 0 Å². The van der Waals surface area contributed by atoms with Crippen molar-refractivity contribution in [2.75, 3.05) is 6.61 Å². The third-order valence-corrected chi connectivity index (χ3v) is 4.47. The molecule has 200 valence electrons. The Morgan fingerprint density at radius 3 is 1.39 bits per heavy atom. The van der Waals surface area contributed by atoms with Gasteiger partial charge in [-0.05, 0) is 29.5 Å². The van der Waals surface area contributed by atoms with Crippen molar-refractivity contribution >= 4 is 7.82 Å². The van der Waals surface area contributed by atoms with E-state index in [9.17, 15) is 0 Å². The zero-order valence-electron chi connectivity index (χ0n) is 20.2. The fourth-order valence-corrected chi connectivity index (χ4v) is 2.89. The van der Waals surface area contributed by atoms with E-state index >= 15 is 0 Å². The number of phosphoric acid groups is 1. The average Bonchev–Trinajstić information content (AvgIpc) is 2.75. The molecule has 0 amide bonds. The van der Waals surface area contributed by atoms with Gasteiger partial charge in [0.1, 0.15) is 6.26 Å². The number of rotatable bonds is 24. The normalized spacial score (nSPS) is 11.5. The molecule has 0 aliphatic rings. The summed E-state index contributed by atoms with van der Waals surface area (Å²) in [5.41, 5.74) is 0. The summed E-state index contributed by atoms with van der Waals surface area (Å²) in [6.45, 7) is 4.45. The first kappa shape index (κ1) is 34.6. The summed E-state index contributed by atoms with van der Waals surface area (Å²) < 4.78 is 8.88. The van der Waals surface area contributed by atoms with Gasteiger partial charge in [0.05, 0.1) is 6.61 Å². The highest BCUT2D eigenvalue weighted by molar-refractivity contribution is 7.45. The van der Waals surface area contributed by atoms with Crippen molar-refractivity contribution in [2.45, 2.75) is 117 Å². The Labute approximate surface area is 198 Å². The van der Waals surface area contributed by atoms with Crippen LogP contribution in [0.2, 0.25) is 0 Å². The largest absolute Gasteiger partial charge is 0.466 e. The molecule has 0 aromatic rings. The molecule has 0 atom stereocenters. The summed E-state index contributed by atoms with van der Waals surface area (Å²) in [5, 5.41) is 20.3. The van der Waals surface area contributed by atoms with Crippen molar-refractivity contribution in [1.82, 2.24) is 0 Å². The van der Waals surface area contributed by atoms with E-state index in [4.69, 9.17) is 24.1 Å². The first-order valence-corrected chi connectivity index (χ1v) is 13.5. The summed E-state index contributed by atoms with van der Waals surface area (Å²) >= 11 is 0. The van der Waals surface area contributed by atoms with Crippen molar-refractivity contribution in [3.63, 3.8) is 0 Å². The Morgan fingerprint density at radius 2 is 0.970 bits per heavy atom. The molecule has 0 rings (SSSR count). The zero-order valence-corrected chi connectivity index (χ0v) is 21.1. The second-order valence-electron chi connectivity index (χ2n) is 7.54. The van der Waals surface area contributed by atoms with Gasteiger partial charge >= 0.3 is 7.82 Å². The van der Waals surface area contributed by atoms with Gasteiger partial charge in [-0.1, -0.05) is 103 Å². The highest BCUT2D eigenvalue weighted by Crippen LogP contribution is 2.25. The predicted octanol–water partition coefficient (Wildman–Crippen LogP) is 6.46. The molecule has 0 unspecified atom stereocenters. The molecule has 0 aromatic carbocycles. The second kappa shape index (κ2) is 29.4. The molecule has 0 aliphatic heterocycles. The third kappa shape index (κ3) is 45.6. The minimum atomic E-state index is -4.64. The smallest absolute Gasteiger partial charge is 0.314 e. The molecule has 0 aliphatic carbocycles. The number of allylic oxidation sites excluding steroid dienone is 1. The molecule has 33 heavy (non-hydrogen) atoms. The fraction of sp³-hybridized carbons (Fsp3) is 0.905. The summed E-state index contributed by atoms with van der Waals surface area (Å²) in [6.07, 6.45) is 24.2. The molecule has 0 spiro atoms. The highest BCUT2D eigenvalue weighted by atomic mass is 31.2. The standard InChI is InChI=1S/C21H42O7.H3O4P/c1-3-5-6-7-8-9-10-11-12-13-14-15-16-17-18-19-21-23-25-27-28-26-24-22-20-4-2;1-5(2,3)4/h4,20H,3,5-19,21H2,1-2H3;(H3,1,2,3,4). The van der Waals surface area contributed by atoms with Gasteiger partial charge in [0.15, 0.2) is 0 Å². The van der Waals surface area contributed by atoms with Gasteiger partial charge in [0, 0.05) is 15.1 Å². The van der Waals surface area contributed by atoms with Crippen molar-refractivity contribution < 1.29 is 54.2 Å². The lowest BCUT2D eigenvalue weighted by Crippen LogP contribution is -2.01. The van der Waals surface area contributed by atoms with Crippen molar-refractivity contribution in [1.29, 1.82) is 0 Å². The topological polar surface area (TPSA) is 142 Å². The van der Waals surface area contributed by atoms with E-state index in [1.807, 2.05) is 0 Å². The molecule has 0 saturated carbocycles. The van der Waals surface area contributed by atoms with Gasteiger partial charge in [-0.3, -0.25) is 0 Å². The monoisotopic (exact) mass is 504 g/mol. The predicted molar refractivity (Wildman–Crippen MR) is 121 cm³/mol. The molecule has 12 heteroatoms. The Hall–Kier alpha value is -0.590. The summed E-state index contributed by atoms with van der Waals surface area (Å²) in [5.74, 6) is 0. The molecular weight excluding hydrogens is 459 g/mol. The molecule has 0 aromatic heterocycles. The summed E-state index contributed by atoms with van der Waals surface area (Å²) in [4.78, 5) is 30.6. The van der Waals surface area contributed by atoms with Gasteiger partial charge in [-0.15, -0.1) is 0 Å². The van der Waals surface area contributed by atoms with E-state index < -0.39 is 7.82 Å². The van der Waals surface area contributed by atoms with Crippen LogP contribution in [0.15, 0.2) is 12.3 Å². The molecule has 0 radical (unpaired) electrons. The lowest BCUT2D eigenvalue weighted by Gasteiger charge is -2.03. The van der Waals surface area contributed by atoms with E-state index in [0.717, 1.165) is 12.8 Å². The Bertz CT molecular complexity index is 424. The Balaban J connectivity index is 0. The summed E-state index contributed by atoms with van der Waals surface area (Å²) in [6, 6.07) is 0. The van der Waals surface area contributed by atoms with Crippen LogP contribution < -0.4 is 0 Å². The van der Waals surface area contributed by atoms with Crippen LogP contribution in [0.5, 0.6) is 0 Å². The van der Waals surface area contributed by atoms with E-state index in [1.54, 1.807) is 13.0 Å². The number of hydrogen-bond acceptors (Lipinski definition) is 8. The Kier molecular flexibility index (Phi) is 30.8. The van der Waals surface area contributed by atoms with Crippen LogP contribution in [0.1, 0.15) is 117 Å². The lowest BCUT2D eigenvalue weighted by atomic mass is 10.0. The number of hydrogen-bond donors (Lipinski definition) is 3. The molecular formula is C21H45O11P. The van der Waals surface area contributed by atoms with Crippen LogP contribution in [0.25, 0.3) is 0 Å². The van der Waals surface area contributed by atoms with Crippen LogP contribution in [0.3, 0.4) is 0 Å². The average molecular weight is 505 g/mol. The highest BCUT2D eigenvalue weighted by Gasteiger charge is 2.00. The van der Waals surface area contributed by atoms with Crippen LogP contribution in [-0.4, -0.2) is 21.3 Å². The maximum atomic E-state index is 8.88. The van der Waals surface area contributed by atoms with Crippen molar-refractivity contribution in [3.8, 4) is 0 Å². The second-order valence-corrected chi connectivity index (χ2v) is 8.57. The maximum absolute atomic E-state index is 8.88. The molecule has 11 nitrogen and oxygen atoms in total. The van der Waals surface area contributed by atoms with E-state index in [0.29, 0.717) is 6.61 Å². The van der Waals surface area contributed by atoms with Gasteiger partial charge in [-0.2, -0.15) is 0 Å². The van der Waals surface area contributed by atoms with Crippen LogP contribution in [-0.2, 0) is 39.5 Å². The van der Waals surface area contributed by atoms with Gasteiger partial charge < -0.3 is 19.6 Å². The number of unbranched alkanes of at least 4 members (excludes halogenated alkanes) is 15. The molecule has 3 N–H and O–H groups in total. The summed E-state index contributed by atoms with van der Waals surface area (Å²) in [7, 11) is -4.64. The molecule has 0 bridgehead atoms. The van der Waals surface area contributed by atoms with E-state index in [1.165, 1.54) is 96.2 Å². The van der Waals surface area contributed by atoms with Crippen LogP contribution in [0, 0.1) is 0 Å². The Morgan fingerprint density at radius 1 is 0.606 bits per heavy atom. The fourth-order valence-electron chi connectivity index (χ4n) is 2.89. The van der Waals surface area contributed by atoms with Crippen molar-refractivity contribution in [3.05, 3.63) is 12.3 Å². The first-order valence-electron chi connectivity index (χ1n) is 11.9. The van der Waals surface area contributed by atoms with Crippen molar-refractivity contribution in [2.24, 2.45) is 0 Å². The lowest BCUT2D eigenvalue weighted by molar-refractivity contribution is -0.786. The first-order chi connectivity index (χ1) is 15.9. The van der Waals surface area contributed by atoms with Gasteiger partial charge in [-0.25, -0.2) is 9.45 Å². The van der Waals surface area contributed by atoms with Crippen LogP contribution >= 0.6 is 7.82 Å². The quantitative estimate of drug-likeness (QED) is 0.0438. The van der Waals surface area contributed by atoms with E-state index in [2.05, 4.69) is 37.0 Å². The SMILES string of the molecule is CC=COOOOOOOCCCCCCCCCCCCCCCCCC.O=P(O)(O)O. The van der Waals surface area contributed by atoms with Crippen LogP contribution in [0.4, 0.5) is 0 Å². The van der Waals surface area contributed by atoms with E-state index in [-0.39, 0.29) is 0 Å². The van der Waals surface area contributed by atoms with Gasteiger partial charge in [0.2, 0.25) is 0 Å². The third-order valence-electron chi connectivity index (χ3n) is 4.47. The minimum Gasteiger partial charge on any atom is -0.314 e. The zero-order chi connectivity index (χ0) is 24.9.